The predicted molar refractivity (Wildman–Crippen MR) is 134 cm³/mol. The lowest BCUT2D eigenvalue weighted by Crippen LogP contribution is -2.32. The van der Waals surface area contributed by atoms with Crippen LogP contribution >= 0.6 is 0 Å². The number of methoxy groups -OCH3 is 2. The van der Waals surface area contributed by atoms with Crippen LogP contribution in [0, 0.1) is 5.92 Å². The summed E-state index contributed by atoms with van der Waals surface area (Å²) in [6.45, 7) is 0. The molecule has 0 spiro atoms. The van der Waals surface area contributed by atoms with Gasteiger partial charge in [0, 0.05) is 5.92 Å². The molecule has 4 aromatic carbocycles. The minimum atomic E-state index is -1.16. The predicted octanol–water partition coefficient (Wildman–Crippen LogP) is 6.02. The summed E-state index contributed by atoms with van der Waals surface area (Å²) < 4.78 is 10.1. The molecule has 4 aromatic rings. The number of allylic oxidation sites excluding steroid dienone is 1. The molecule has 0 N–H and O–H groups in total. The standard InChI is InChI=1S/C30H26O4/c1-33-29(31)28(30(32)34-2)27(25-19-11-17-21-16-9-10-18-24(21)25)20-26(22-12-5-3-6-13-22)23-14-7-4-8-15-23/h3-20,27-28H,1-2H3/t27-/m1/s1. The highest BCUT2D eigenvalue weighted by Gasteiger charge is 2.38. The van der Waals surface area contributed by atoms with Crippen molar-refractivity contribution in [3.05, 3.63) is 126 Å². The number of carbonyl (C=O) groups is 2. The van der Waals surface area contributed by atoms with Gasteiger partial charge in [-0.05, 0) is 33.0 Å². The van der Waals surface area contributed by atoms with Crippen molar-refractivity contribution < 1.29 is 19.1 Å². The lowest BCUT2D eigenvalue weighted by atomic mass is 9.80. The van der Waals surface area contributed by atoms with Gasteiger partial charge in [-0.1, -0.05) is 109 Å². The van der Waals surface area contributed by atoms with Gasteiger partial charge < -0.3 is 9.47 Å². The van der Waals surface area contributed by atoms with E-state index in [1.807, 2.05) is 109 Å². The minimum Gasteiger partial charge on any atom is -0.468 e. The molecule has 0 radical (unpaired) electrons. The van der Waals surface area contributed by atoms with Crippen molar-refractivity contribution in [1.29, 1.82) is 0 Å². The Morgan fingerprint density at radius 2 is 1.15 bits per heavy atom. The van der Waals surface area contributed by atoms with Crippen molar-refractivity contribution in [2.45, 2.75) is 5.92 Å². The zero-order valence-electron chi connectivity index (χ0n) is 19.2. The topological polar surface area (TPSA) is 52.6 Å². The maximum atomic E-state index is 13.0. The molecule has 0 aromatic heterocycles. The maximum absolute atomic E-state index is 13.0. The van der Waals surface area contributed by atoms with Crippen LogP contribution in [-0.4, -0.2) is 26.2 Å². The third kappa shape index (κ3) is 4.76. The van der Waals surface area contributed by atoms with Crippen LogP contribution < -0.4 is 0 Å². The van der Waals surface area contributed by atoms with Gasteiger partial charge in [-0.2, -0.15) is 0 Å². The first-order chi connectivity index (χ1) is 16.6. The Labute approximate surface area is 199 Å². The Balaban J connectivity index is 2.02. The highest BCUT2D eigenvalue weighted by molar-refractivity contribution is 5.98. The van der Waals surface area contributed by atoms with Crippen molar-refractivity contribution in [2.75, 3.05) is 14.2 Å². The van der Waals surface area contributed by atoms with Crippen molar-refractivity contribution in [3.8, 4) is 0 Å². The molecule has 0 amide bonds. The highest BCUT2D eigenvalue weighted by atomic mass is 16.5. The van der Waals surface area contributed by atoms with Gasteiger partial charge in [-0.25, -0.2) is 0 Å². The quantitative estimate of drug-likeness (QED) is 0.255. The van der Waals surface area contributed by atoms with Gasteiger partial charge >= 0.3 is 11.9 Å². The summed E-state index contributed by atoms with van der Waals surface area (Å²) in [5.41, 5.74) is 3.72. The Hall–Kier alpha value is -4.18. The molecule has 0 aliphatic carbocycles. The van der Waals surface area contributed by atoms with Crippen LogP contribution in [0.5, 0.6) is 0 Å². The van der Waals surface area contributed by atoms with E-state index in [2.05, 4.69) is 0 Å². The molecule has 4 heteroatoms. The molecule has 4 nitrogen and oxygen atoms in total. The van der Waals surface area contributed by atoms with E-state index < -0.39 is 23.8 Å². The average molecular weight is 451 g/mol. The fourth-order valence-corrected chi connectivity index (χ4v) is 4.32. The third-order valence-corrected chi connectivity index (χ3v) is 5.97. The molecule has 0 fully saturated rings. The van der Waals surface area contributed by atoms with Crippen LogP contribution in [0.15, 0.2) is 109 Å². The number of rotatable bonds is 7. The van der Waals surface area contributed by atoms with Crippen LogP contribution in [0.4, 0.5) is 0 Å². The Morgan fingerprint density at radius 3 is 1.71 bits per heavy atom. The molecular formula is C30H26O4. The largest absolute Gasteiger partial charge is 0.468 e. The van der Waals surface area contributed by atoms with Crippen LogP contribution in [0.3, 0.4) is 0 Å². The molecular weight excluding hydrogens is 424 g/mol. The molecule has 0 unspecified atom stereocenters. The summed E-state index contributed by atoms with van der Waals surface area (Å²) >= 11 is 0. The van der Waals surface area contributed by atoms with Crippen molar-refractivity contribution in [2.24, 2.45) is 5.92 Å². The number of hydrogen-bond acceptors (Lipinski definition) is 4. The zero-order valence-corrected chi connectivity index (χ0v) is 19.2. The Kier molecular flexibility index (Phi) is 7.19. The molecule has 34 heavy (non-hydrogen) atoms. The van der Waals surface area contributed by atoms with E-state index in [-0.39, 0.29) is 0 Å². The fraction of sp³-hybridized carbons (Fsp3) is 0.133. The van der Waals surface area contributed by atoms with E-state index in [0.717, 1.165) is 33.0 Å². The number of hydrogen-bond donors (Lipinski definition) is 0. The molecule has 4 rings (SSSR count). The smallest absolute Gasteiger partial charge is 0.321 e. The first kappa shape index (κ1) is 23.0. The minimum absolute atomic E-state index is 0.624. The second-order valence-electron chi connectivity index (χ2n) is 7.93. The van der Waals surface area contributed by atoms with Gasteiger partial charge in [0.15, 0.2) is 5.92 Å². The van der Waals surface area contributed by atoms with Gasteiger partial charge in [0.2, 0.25) is 0 Å². The lowest BCUT2D eigenvalue weighted by molar-refractivity contribution is -0.159. The Morgan fingerprint density at radius 1 is 0.647 bits per heavy atom. The number of fused-ring (bicyclic) bond motifs is 1. The fourth-order valence-electron chi connectivity index (χ4n) is 4.32. The average Bonchev–Trinajstić information content (AvgIpc) is 2.91. The summed E-state index contributed by atoms with van der Waals surface area (Å²) in [6.07, 6.45) is 1.99. The lowest BCUT2D eigenvalue weighted by Gasteiger charge is -2.24. The van der Waals surface area contributed by atoms with Gasteiger partial charge in [0.05, 0.1) is 14.2 Å². The van der Waals surface area contributed by atoms with Crippen LogP contribution in [0.2, 0.25) is 0 Å². The number of benzene rings is 4. The van der Waals surface area contributed by atoms with E-state index in [0.29, 0.717) is 0 Å². The van der Waals surface area contributed by atoms with Gasteiger partial charge in [0.1, 0.15) is 0 Å². The third-order valence-electron chi connectivity index (χ3n) is 5.97. The van der Waals surface area contributed by atoms with Gasteiger partial charge in [-0.3, -0.25) is 9.59 Å². The molecule has 0 aliphatic heterocycles. The number of ether oxygens (including phenoxy) is 2. The zero-order chi connectivity index (χ0) is 23.9. The first-order valence-corrected chi connectivity index (χ1v) is 11.1. The van der Waals surface area contributed by atoms with E-state index in [4.69, 9.17) is 9.47 Å². The molecule has 0 saturated carbocycles. The summed E-state index contributed by atoms with van der Waals surface area (Å²) in [4.78, 5) is 25.9. The van der Waals surface area contributed by atoms with Crippen LogP contribution in [0.25, 0.3) is 16.3 Å². The second-order valence-corrected chi connectivity index (χ2v) is 7.93. The number of carbonyl (C=O) groups excluding carboxylic acids is 2. The summed E-state index contributed by atoms with van der Waals surface area (Å²) in [6, 6.07) is 33.7. The van der Waals surface area contributed by atoms with Gasteiger partial charge in [-0.15, -0.1) is 0 Å². The number of esters is 2. The Bertz CT molecular complexity index is 1250. The second kappa shape index (κ2) is 10.6. The SMILES string of the molecule is COC(=O)C(C(=O)OC)[C@H](C=C(c1ccccc1)c1ccccc1)c1cccc2ccccc12. The van der Waals surface area contributed by atoms with E-state index >= 15 is 0 Å². The van der Waals surface area contributed by atoms with Crippen molar-refractivity contribution >= 4 is 28.3 Å². The van der Waals surface area contributed by atoms with E-state index in [9.17, 15) is 9.59 Å². The molecule has 0 aliphatic rings. The highest BCUT2D eigenvalue weighted by Crippen LogP contribution is 2.37. The van der Waals surface area contributed by atoms with Gasteiger partial charge in [0.25, 0.3) is 0 Å². The molecule has 0 bridgehead atoms. The maximum Gasteiger partial charge on any atom is 0.321 e. The molecule has 170 valence electrons. The summed E-state index contributed by atoms with van der Waals surface area (Å²) in [7, 11) is 2.58. The van der Waals surface area contributed by atoms with Crippen LogP contribution in [-0.2, 0) is 19.1 Å². The normalized spacial score (nSPS) is 11.6. The van der Waals surface area contributed by atoms with Crippen molar-refractivity contribution in [3.63, 3.8) is 0 Å². The van der Waals surface area contributed by atoms with Crippen LogP contribution in [0.1, 0.15) is 22.6 Å². The monoisotopic (exact) mass is 450 g/mol. The van der Waals surface area contributed by atoms with Crippen molar-refractivity contribution in [1.82, 2.24) is 0 Å². The molecule has 0 heterocycles. The van der Waals surface area contributed by atoms with E-state index in [1.54, 1.807) is 0 Å². The first-order valence-electron chi connectivity index (χ1n) is 11.1. The summed E-state index contributed by atoms with van der Waals surface area (Å²) in [5, 5.41) is 1.98. The van der Waals surface area contributed by atoms with E-state index in [1.165, 1.54) is 14.2 Å². The molecule has 1 atom stereocenters. The molecule has 0 saturated heterocycles. The summed E-state index contributed by atoms with van der Waals surface area (Å²) in [5.74, 6) is -3.06.